The van der Waals surface area contributed by atoms with Gasteiger partial charge in [-0.2, -0.15) is 17.5 Å². The fourth-order valence-electron chi connectivity index (χ4n) is 5.07. The van der Waals surface area contributed by atoms with E-state index in [1.807, 2.05) is 0 Å². The minimum atomic E-state index is -4.50. The summed E-state index contributed by atoms with van der Waals surface area (Å²) in [6.07, 6.45) is -3.45. The largest absolute Gasteiger partial charge is 0.480 e. The smallest absolute Gasteiger partial charge is 0.417 e. The van der Waals surface area contributed by atoms with Crippen LogP contribution in [-0.4, -0.2) is 54.0 Å². The Balaban J connectivity index is 1.65. The summed E-state index contributed by atoms with van der Waals surface area (Å²) >= 11 is 0. The molecule has 0 radical (unpaired) electrons. The molecule has 1 aliphatic carbocycles. The first-order valence-electron chi connectivity index (χ1n) is 10.5. The third-order valence-corrected chi connectivity index (χ3v) is 9.25. The van der Waals surface area contributed by atoms with Crippen LogP contribution in [0.15, 0.2) is 42.6 Å². The molecule has 1 aromatic heterocycles. The van der Waals surface area contributed by atoms with E-state index in [1.165, 1.54) is 10.4 Å². The summed E-state index contributed by atoms with van der Waals surface area (Å²) in [5, 5.41) is 10.2. The van der Waals surface area contributed by atoms with Crippen LogP contribution >= 0.6 is 0 Å². The van der Waals surface area contributed by atoms with Crippen molar-refractivity contribution in [3.05, 3.63) is 59.3 Å². The van der Waals surface area contributed by atoms with Crippen LogP contribution in [0, 0.1) is 0 Å². The van der Waals surface area contributed by atoms with E-state index >= 15 is 0 Å². The Kier molecular flexibility index (Phi) is 5.68. The van der Waals surface area contributed by atoms with Crippen LogP contribution in [0.1, 0.15) is 37.0 Å². The number of piperazine rings is 1. The lowest BCUT2D eigenvalue weighted by Crippen LogP contribution is -2.63. The van der Waals surface area contributed by atoms with E-state index in [2.05, 4.69) is 4.98 Å². The first-order valence-corrected chi connectivity index (χ1v) is 12.0. The molecule has 0 amide bonds. The molecule has 1 N–H and O–H groups in total. The SMILES string of the molecule is C[C@H]1CN(c2ccc(C(F)(F)F)cn2)C[C@H](C)N1S(=O)(=O)[C@@]1(C(=O)O)CCc2ccccc21. The zero-order chi connectivity index (χ0) is 24.2. The average molecular weight is 484 g/mol. The van der Waals surface area contributed by atoms with Gasteiger partial charge >= 0.3 is 12.1 Å². The van der Waals surface area contributed by atoms with E-state index in [4.69, 9.17) is 0 Å². The van der Waals surface area contributed by atoms with Crippen molar-refractivity contribution in [1.29, 1.82) is 0 Å². The molecule has 1 aromatic carbocycles. The standard InChI is InChI=1S/C22H24F3N3O4S/c1-14-12-27(19-8-7-17(11-26-19)22(23,24)25)13-15(2)28(14)33(31,32)21(20(29)30)10-9-16-5-3-4-6-18(16)21/h3-8,11,14-15H,9-10,12-13H2,1-2H3,(H,29,30)/t14-,15-,21-/m0/s1. The molecule has 3 atom stereocenters. The monoisotopic (exact) mass is 483 g/mol. The number of pyridine rings is 1. The highest BCUT2D eigenvalue weighted by Crippen LogP contribution is 2.46. The summed E-state index contributed by atoms with van der Waals surface area (Å²) in [5.74, 6) is -1.10. The maximum Gasteiger partial charge on any atom is 0.417 e. The number of carboxylic acids is 1. The van der Waals surface area contributed by atoms with Crippen molar-refractivity contribution in [3.63, 3.8) is 0 Å². The lowest BCUT2D eigenvalue weighted by Gasteiger charge is -2.46. The van der Waals surface area contributed by atoms with Crippen LogP contribution < -0.4 is 4.90 Å². The number of rotatable bonds is 4. The number of halogens is 3. The summed E-state index contributed by atoms with van der Waals surface area (Å²) in [4.78, 5) is 18.1. The quantitative estimate of drug-likeness (QED) is 0.718. The molecular weight excluding hydrogens is 459 g/mol. The van der Waals surface area contributed by atoms with Crippen molar-refractivity contribution in [3.8, 4) is 0 Å². The number of aromatic nitrogens is 1. The second-order valence-corrected chi connectivity index (χ2v) is 10.7. The van der Waals surface area contributed by atoms with Crippen LogP contribution in [0.2, 0.25) is 0 Å². The van der Waals surface area contributed by atoms with Gasteiger partial charge in [-0.15, -0.1) is 0 Å². The van der Waals surface area contributed by atoms with Crippen molar-refractivity contribution in [2.24, 2.45) is 0 Å². The summed E-state index contributed by atoms with van der Waals surface area (Å²) < 4.78 is 65.6. The number of carbonyl (C=O) groups is 1. The van der Waals surface area contributed by atoms with Crippen LogP contribution in [0.5, 0.6) is 0 Å². The molecule has 2 aromatic rings. The molecule has 0 spiro atoms. The lowest BCUT2D eigenvalue weighted by molar-refractivity contribution is -0.140. The van der Waals surface area contributed by atoms with Crippen LogP contribution in [-0.2, 0) is 32.2 Å². The second-order valence-electron chi connectivity index (χ2n) is 8.63. The number of alkyl halides is 3. The summed E-state index contributed by atoms with van der Waals surface area (Å²) in [5.41, 5.74) is 0.136. The lowest BCUT2D eigenvalue weighted by atomic mass is 10.0. The highest BCUT2D eigenvalue weighted by molar-refractivity contribution is 7.91. The number of fused-ring (bicyclic) bond motifs is 1. The topological polar surface area (TPSA) is 90.8 Å². The van der Waals surface area contributed by atoms with Gasteiger partial charge in [0.15, 0.2) is 0 Å². The van der Waals surface area contributed by atoms with E-state index in [1.54, 1.807) is 43.0 Å². The zero-order valence-corrected chi connectivity index (χ0v) is 18.9. The normalized spacial score (nSPS) is 26.3. The molecule has 1 aliphatic heterocycles. The molecule has 7 nitrogen and oxygen atoms in total. The minimum Gasteiger partial charge on any atom is -0.480 e. The fraction of sp³-hybridized carbons (Fsp3) is 0.455. The number of hydrogen-bond donors (Lipinski definition) is 1. The number of aryl methyl sites for hydroxylation is 1. The summed E-state index contributed by atoms with van der Waals surface area (Å²) in [6, 6.07) is 7.66. The molecule has 0 bridgehead atoms. The van der Waals surface area contributed by atoms with E-state index in [9.17, 15) is 31.5 Å². The number of carboxylic acid groups (broad SMARTS) is 1. The zero-order valence-electron chi connectivity index (χ0n) is 18.1. The third kappa shape index (κ3) is 3.67. The molecule has 0 saturated carbocycles. The number of aliphatic carboxylic acids is 1. The first-order chi connectivity index (χ1) is 15.4. The molecule has 0 unspecified atom stereocenters. The van der Waals surface area contributed by atoms with Crippen LogP contribution in [0.3, 0.4) is 0 Å². The van der Waals surface area contributed by atoms with Crippen molar-refractivity contribution in [1.82, 2.24) is 9.29 Å². The predicted octanol–water partition coefficient (Wildman–Crippen LogP) is 3.26. The molecule has 1 saturated heterocycles. The van der Waals surface area contributed by atoms with E-state index < -0.39 is 44.6 Å². The second kappa shape index (κ2) is 7.98. The van der Waals surface area contributed by atoms with Gasteiger partial charge in [-0.3, -0.25) is 4.79 Å². The molecule has 11 heteroatoms. The van der Waals surface area contributed by atoms with E-state index in [-0.39, 0.29) is 19.5 Å². The average Bonchev–Trinajstić information content (AvgIpc) is 3.14. The summed E-state index contributed by atoms with van der Waals surface area (Å²) in [6.45, 7) is 3.67. The van der Waals surface area contributed by atoms with Crippen molar-refractivity contribution < 1.29 is 31.5 Å². The van der Waals surface area contributed by atoms with Gasteiger partial charge in [0.25, 0.3) is 0 Å². The van der Waals surface area contributed by atoms with Gasteiger partial charge in [0.1, 0.15) is 5.82 Å². The summed E-state index contributed by atoms with van der Waals surface area (Å²) in [7, 11) is -4.33. The Labute approximate surface area is 189 Å². The number of sulfonamides is 1. The third-order valence-electron chi connectivity index (χ3n) is 6.50. The molecule has 33 heavy (non-hydrogen) atoms. The van der Waals surface area contributed by atoms with E-state index in [0.717, 1.165) is 12.3 Å². The van der Waals surface area contributed by atoms with Gasteiger partial charge < -0.3 is 10.0 Å². The Bertz CT molecular complexity index is 1160. The fourth-order valence-corrected chi connectivity index (χ4v) is 7.57. The van der Waals surface area contributed by atoms with Crippen molar-refractivity contribution in [2.45, 2.75) is 49.7 Å². The van der Waals surface area contributed by atoms with Gasteiger partial charge in [0.05, 0.1) is 5.56 Å². The molecule has 4 rings (SSSR count). The molecule has 178 valence electrons. The maximum absolute atomic E-state index is 13.9. The Morgan fingerprint density at radius 2 is 1.76 bits per heavy atom. The van der Waals surface area contributed by atoms with Crippen LogP contribution in [0.4, 0.5) is 19.0 Å². The van der Waals surface area contributed by atoms with Gasteiger partial charge in [-0.1, -0.05) is 24.3 Å². The Morgan fingerprint density at radius 3 is 2.30 bits per heavy atom. The Morgan fingerprint density at radius 1 is 1.12 bits per heavy atom. The van der Waals surface area contributed by atoms with Crippen molar-refractivity contribution >= 4 is 21.8 Å². The highest BCUT2D eigenvalue weighted by atomic mass is 32.2. The van der Waals surface area contributed by atoms with Gasteiger partial charge in [-0.05, 0) is 49.9 Å². The molecule has 2 aliphatic rings. The molecule has 1 fully saturated rings. The van der Waals surface area contributed by atoms with Gasteiger partial charge in [-0.25, -0.2) is 13.4 Å². The van der Waals surface area contributed by atoms with Crippen molar-refractivity contribution in [2.75, 3.05) is 18.0 Å². The highest BCUT2D eigenvalue weighted by Gasteiger charge is 2.60. The van der Waals surface area contributed by atoms with Crippen LogP contribution in [0.25, 0.3) is 0 Å². The molecule has 2 heterocycles. The molecular formula is C22H24F3N3O4S. The number of anilines is 1. The first kappa shape index (κ1) is 23.5. The predicted molar refractivity (Wildman–Crippen MR) is 115 cm³/mol. The van der Waals surface area contributed by atoms with Gasteiger partial charge in [0, 0.05) is 31.4 Å². The minimum absolute atomic E-state index is 0.0515. The number of nitrogens with zero attached hydrogens (tertiary/aromatic N) is 3. The van der Waals surface area contributed by atoms with E-state index in [0.29, 0.717) is 23.4 Å². The number of hydrogen-bond acceptors (Lipinski definition) is 5. The van der Waals surface area contributed by atoms with Gasteiger partial charge in [0.2, 0.25) is 14.8 Å². The Hall–Kier alpha value is -2.66. The number of benzene rings is 1. The maximum atomic E-state index is 13.9.